The average Bonchev–Trinajstić information content (AvgIpc) is 2.66. The minimum Gasteiger partial charge on any atom is -0.465 e. The van der Waals surface area contributed by atoms with Gasteiger partial charge in [0.25, 0.3) is 0 Å². The zero-order valence-corrected chi connectivity index (χ0v) is 16.4. The largest absolute Gasteiger partial charge is 0.465 e. The summed E-state index contributed by atoms with van der Waals surface area (Å²) in [6, 6.07) is 8.24. The van der Waals surface area contributed by atoms with E-state index >= 15 is 0 Å². The van der Waals surface area contributed by atoms with E-state index in [1.165, 1.54) is 11.8 Å². The van der Waals surface area contributed by atoms with Gasteiger partial charge in [0.1, 0.15) is 23.2 Å². The monoisotopic (exact) mass is 372 g/mol. The number of hydrogen-bond acceptors (Lipinski definition) is 7. The molecule has 1 aromatic heterocycles. The fourth-order valence-electron chi connectivity index (χ4n) is 2.82. The SMILES string of the molecule is CCOC(=O)CNc1c(C#N)c(SC)nc2ccc(N(CC)CC)cc12. The molecule has 1 heterocycles. The topological polar surface area (TPSA) is 78.2 Å². The van der Waals surface area contributed by atoms with Gasteiger partial charge in [-0.15, -0.1) is 11.8 Å². The van der Waals surface area contributed by atoms with E-state index < -0.39 is 0 Å². The van der Waals surface area contributed by atoms with Gasteiger partial charge in [0.05, 0.1) is 17.8 Å². The summed E-state index contributed by atoms with van der Waals surface area (Å²) in [6.07, 6.45) is 1.88. The molecule has 0 unspecified atom stereocenters. The van der Waals surface area contributed by atoms with Crippen LogP contribution in [0.15, 0.2) is 23.2 Å². The van der Waals surface area contributed by atoms with Crippen LogP contribution in [0.25, 0.3) is 10.9 Å². The minimum atomic E-state index is -0.355. The van der Waals surface area contributed by atoms with E-state index in [1.807, 2.05) is 24.5 Å². The zero-order chi connectivity index (χ0) is 19.1. The van der Waals surface area contributed by atoms with Crippen LogP contribution >= 0.6 is 11.8 Å². The van der Waals surface area contributed by atoms with E-state index in [0.29, 0.717) is 22.9 Å². The first-order valence-electron chi connectivity index (χ1n) is 8.65. The third kappa shape index (κ3) is 4.20. The summed E-state index contributed by atoms with van der Waals surface area (Å²) in [5.74, 6) is -0.355. The van der Waals surface area contributed by atoms with Gasteiger partial charge in [-0.1, -0.05) is 0 Å². The molecular formula is C19H24N4O2S. The molecule has 2 aromatic rings. The lowest BCUT2D eigenvalue weighted by Crippen LogP contribution is -2.21. The molecule has 0 bridgehead atoms. The van der Waals surface area contributed by atoms with Gasteiger partial charge in [0.2, 0.25) is 0 Å². The summed E-state index contributed by atoms with van der Waals surface area (Å²) in [5, 5.41) is 14.2. The molecule has 0 saturated carbocycles. The number of carbonyl (C=O) groups excluding carboxylic acids is 1. The van der Waals surface area contributed by atoms with Crippen LogP contribution in [0.4, 0.5) is 11.4 Å². The van der Waals surface area contributed by atoms with Crippen molar-refractivity contribution in [2.75, 3.05) is 42.7 Å². The maximum Gasteiger partial charge on any atom is 0.325 e. The van der Waals surface area contributed by atoms with Crippen LogP contribution in [0.2, 0.25) is 0 Å². The van der Waals surface area contributed by atoms with Gasteiger partial charge in [0, 0.05) is 24.2 Å². The summed E-state index contributed by atoms with van der Waals surface area (Å²) >= 11 is 1.41. The number of esters is 1. The molecular weight excluding hydrogens is 348 g/mol. The predicted molar refractivity (Wildman–Crippen MR) is 107 cm³/mol. The first kappa shape index (κ1) is 19.9. The van der Waals surface area contributed by atoms with Crippen LogP contribution in [0.3, 0.4) is 0 Å². The van der Waals surface area contributed by atoms with E-state index in [4.69, 9.17) is 4.74 Å². The third-order valence-corrected chi connectivity index (χ3v) is 4.77. The molecule has 26 heavy (non-hydrogen) atoms. The molecule has 0 saturated heterocycles. The summed E-state index contributed by atoms with van der Waals surface area (Å²) in [5.41, 5.74) is 2.93. The lowest BCUT2D eigenvalue weighted by atomic mass is 10.1. The van der Waals surface area contributed by atoms with Crippen molar-refractivity contribution >= 4 is 40.0 Å². The van der Waals surface area contributed by atoms with Gasteiger partial charge in [-0.05, 0) is 45.2 Å². The molecule has 0 aliphatic carbocycles. The van der Waals surface area contributed by atoms with Crippen LogP contribution in [0.1, 0.15) is 26.3 Å². The van der Waals surface area contributed by atoms with Crippen LogP contribution in [0.5, 0.6) is 0 Å². The Balaban J connectivity index is 2.59. The van der Waals surface area contributed by atoms with Gasteiger partial charge in [0.15, 0.2) is 0 Å². The van der Waals surface area contributed by atoms with Crippen LogP contribution in [0, 0.1) is 11.3 Å². The Morgan fingerprint density at radius 2 is 2.08 bits per heavy atom. The molecule has 0 spiro atoms. The Bertz CT molecular complexity index is 828. The van der Waals surface area contributed by atoms with Crippen molar-refractivity contribution in [2.45, 2.75) is 25.8 Å². The highest BCUT2D eigenvalue weighted by molar-refractivity contribution is 7.98. The third-order valence-electron chi connectivity index (χ3n) is 4.08. The van der Waals surface area contributed by atoms with Crippen molar-refractivity contribution in [1.82, 2.24) is 4.98 Å². The number of nitrogens with one attached hydrogen (secondary N) is 1. The summed E-state index contributed by atoms with van der Waals surface area (Å²) in [4.78, 5) is 18.6. The quantitative estimate of drug-likeness (QED) is 0.560. The molecule has 0 aliphatic rings. The lowest BCUT2D eigenvalue weighted by molar-refractivity contribution is -0.140. The van der Waals surface area contributed by atoms with Crippen molar-refractivity contribution in [3.63, 3.8) is 0 Å². The van der Waals surface area contributed by atoms with E-state index in [0.717, 1.165) is 29.7 Å². The highest BCUT2D eigenvalue weighted by Crippen LogP contribution is 2.34. The number of pyridine rings is 1. The molecule has 0 atom stereocenters. The number of thioether (sulfide) groups is 1. The van der Waals surface area contributed by atoms with Gasteiger partial charge in [-0.3, -0.25) is 4.79 Å². The van der Waals surface area contributed by atoms with Crippen molar-refractivity contribution in [3.8, 4) is 6.07 Å². The Morgan fingerprint density at radius 3 is 2.65 bits per heavy atom. The number of carbonyl (C=O) groups is 1. The number of nitrogens with zero attached hydrogens (tertiary/aromatic N) is 3. The van der Waals surface area contributed by atoms with E-state index in [2.05, 4.69) is 35.1 Å². The van der Waals surface area contributed by atoms with Crippen molar-refractivity contribution in [2.24, 2.45) is 0 Å². The average molecular weight is 372 g/mol. The first-order valence-corrected chi connectivity index (χ1v) is 9.88. The lowest BCUT2D eigenvalue weighted by Gasteiger charge is -2.22. The number of hydrogen-bond donors (Lipinski definition) is 1. The van der Waals surface area contributed by atoms with Gasteiger partial charge < -0.3 is 15.0 Å². The number of rotatable bonds is 8. The van der Waals surface area contributed by atoms with E-state index in [9.17, 15) is 10.1 Å². The molecule has 138 valence electrons. The van der Waals surface area contributed by atoms with Crippen molar-refractivity contribution < 1.29 is 9.53 Å². The molecule has 1 aromatic carbocycles. The number of benzene rings is 1. The molecule has 0 radical (unpaired) electrons. The maximum absolute atomic E-state index is 11.8. The highest BCUT2D eigenvalue weighted by Gasteiger charge is 2.17. The Morgan fingerprint density at radius 1 is 1.35 bits per heavy atom. The number of nitriles is 1. The molecule has 7 heteroatoms. The standard InChI is InChI=1S/C19H24N4O2S/c1-5-23(6-2)13-8-9-16-14(10-13)18(21-12-17(24)25-7-3)15(11-20)19(22-16)26-4/h8-10H,5-7,12H2,1-4H3,(H,21,22). The summed E-state index contributed by atoms with van der Waals surface area (Å²) < 4.78 is 4.99. The fraction of sp³-hybridized carbons (Fsp3) is 0.421. The van der Waals surface area contributed by atoms with Crippen molar-refractivity contribution in [3.05, 3.63) is 23.8 Å². The van der Waals surface area contributed by atoms with Crippen molar-refractivity contribution in [1.29, 1.82) is 5.26 Å². The van der Waals surface area contributed by atoms with Gasteiger partial charge in [-0.2, -0.15) is 5.26 Å². The summed E-state index contributed by atoms with van der Waals surface area (Å²) in [7, 11) is 0. The predicted octanol–water partition coefficient (Wildman–Crippen LogP) is 3.65. The number of aromatic nitrogens is 1. The van der Waals surface area contributed by atoms with Crippen LogP contribution in [-0.4, -0.2) is 43.5 Å². The minimum absolute atomic E-state index is 0.00491. The van der Waals surface area contributed by atoms with E-state index in [-0.39, 0.29) is 12.5 Å². The van der Waals surface area contributed by atoms with E-state index in [1.54, 1.807) is 6.92 Å². The zero-order valence-electron chi connectivity index (χ0n) is 15.6. The molecule has 2 rings (SSSR count). The number of anilines is 2. The Labute approximate surface area is 158 Å². The molecule has 0 amide bonds. The normalized spacial score (nSPS) is 10.4. The van der Waals surface area contributed by atoms with Gasteiger partial charge >= 0.3 is 5.97 Å². The molecule has 0 fully saturated rings. The molecule has 6 nitrogen and oxygen atoms in total. The second kappa shape index (κ2) is 9.30. The highest BCUT2D eigenvalue weighted by atomic mass is 32.2. The van der Waals surface area contributed by atoms with Gasteiger partial charge in [-0.25, -0.2) is 4.98 Å². The Hall–Kier alpha value is -2.46. The molecule has 1 N–H and O–H groups in total. The fourth-order valence-corrected chi connectivity index (χ4v) is 3.36. The Kier molecular flexibility index (Phi) is 7.10. The number of fused-ring (bicyclic) bond motifs is 1. The first-order chi connectivity index (χ1) is 12.6. The van der Waals surface area contributed by atoms with Crippen LogP contribution < -0.4 is 10.2 Å². The second-order valence-corrected chi connectivity index (χ2v) is 6.31. The maximum atomic E-state index is 11.8. The smallest absolute Gasteiger partial charge is 0.325 e. The summed E-state index contributed by atoms with van der Waals surface area (Å²) in [6.45, 7) is 8.06. The molecule has 0 aliphatic heterocycles. The number of ether oxygens (including phenoxy) is 1. The van der Waals surface area contributed by atoms with Crippen LogP contribution in [-0.2, 0) is 9.53 Å². The second-order valence-electron chi connectivity index (χ2n) is 5.52.